The molecule has 3 aromatic carbocycles. The van der Waals surface area contributed by atoms with E-state index in [1.807, 2.05) is 18.2 Å². The molecule has 3 rings (SSSR count). The fourth-order valence-electron chi connectivity index (χ4n) is 2.27. The summed E-state index contributed by atoms with van der Waals surface area (Å²) in [5.41, 5.74) is 1.06. The van der Waals surface area contributed by atoms with Gasteiger partial charge in [0.15, 0.2) is 0 Å². The lowest BCUT2D eigenvalue weighted by atomic mass is 10.2. The van der Waals surface area contributed by atoms with E-state index in [-0.39, 0.29) is 11.7 Å². The Labute approximate surface area is 156 Å². The number of ether oxygens (including phenoxy) is 1. The summed E-state index contributed by atoms with van der Waals surface area (Å²) in [6.45, 7) is 0.584. The molecular weight excluding hydrogens is 349 g/mol. The molecule has 0 aliphatic heterocycles. The van der Waals surface area contributed by atoms with Crippen LogP contribution < -0.4 is 10.1 Å². The Morgan fingerprint density at radius 1 is 0.923 bits per heavy atom. The van der Waals surface area contributed by atoms with Crippen LogP contribution in [-0.4, -0.2) is 18.3 Å². The first-order valence-electron chi connectivity index (χ1n) is 8.18. The number of carbonyl (C=O) groups is 1. The Hall–Kier alpha value is -2.79. The summed E-state index contributed by atoms with van der Waals surface area (Å²) < 4.78 is 18.6. The van der Waals surface area contributed by atoms with Crippen molar-refractivity contribution in [2.24, 2.45) is 0 Å². The highest BCUT2D eigenvalue weighted by atomic mass is 32.2. The molecule has 3 nitrogen and oxygen atoms in total. The van der Waals surface area contributed by atoms with E-state index < -0.39 is 0 Å². The summed E-state index contributed by atoms with van der Waals surface area (Å²) in [6.07, 6.45) is 0. The Balaban J connectivity index is 1.46. The molecule has 0 saturated heterocycles. The first-order chi connectivity index (χ1) is 12.7. The monoisotopic (exact) mass is 367 g/mol. The van der Waals surface area contributed by atoms with E-state index >= 15 is 0 Å². The molecule has 3 aromatic rings. The van der Waals surface area contributed by atoms with Crippen LogP contribution in [0.5, 0.6) is 5.75 Å². The molecule has 5 heteroatoms. The fraction of sp³-hybridized carbons (Fsp3) is 0.0952. The summed E-state index contributed by atoms with van der Waals surface area (Å²) in [5, 5.41) is 2.73. The van der Waals surface area contributed by atoms with E-state index in [1.54, 1.807) is 36.0 Å². The first kappa shape index (κ1) is 18.0. The second kappa shape index (κ2) is 9.06. The van der Waals surface area contributed by atoms with Gasteiger partial charge in [0.25, 0.3) is 5.91 Å². The van der Waals surface area contributed by atoms with Crippen LogP contribution in [0.1, 0.15) is 10.4 Å². The van der Waals surface area contributed by atoms with Crippen molar-refractivity contribution in [3.8, 4) is 5.75 Å². The number of anilines is 1. The van der Waals surface area contributed by atoms with E-state index in [0.717, 1.165) is 11.5 Å². The van der Waals surface area contributed by atoms with Gasteiger partial charge in [-0.1, -0.05) is 18.2 Å². The molecular formula is C21H18FNO2S. The molecule has 0 atom stereocenters. The van der Waals surface area contributed by atoms with Gasteiger partial charge in [-0.25, -0.2) is 4.39 Å². The minimum absolute atomic E-state index is 0.247. The third-order valence-corrected chi connectivity index (χ3v) is 4.56. The topological polar surface area (TPSA) is 38.3 Å². The lowest BCUT2D eigenvalue weighted by Gasteiger charge is -2.08. The summed E-state index contributed by atoms with van der Waals surface area (Å²) in [5.74, 6) is 0.978. The van der Waals surface area contributed by atoms with Gasteiger partial charge < -0.3 is 10.1 Å². The molecule has 0 unspecified atom stereocenters. The summed E-state index contributed by atoms with van der Waals surface area (Å²) in [6, 6.07) is 22.8. The maximum absolute atomic E-state index is 12.9. The maximum Gasteiger partial charge on any atom is 0.255 e. The second-order valence-corrected chi connectivity index (χ2v) is 6.66. The van der Waals surface area contributed by atoms with Crippen LogP contribution in [0.2, 0.25) is 0 Å². The van der Waals surface area contributed by atoms with Crippen molar-refractivity contribution < 1.29 is 13.9 Å². The van der Waals surface area contributed by atoms with Gasteiger partial charge in [0.2, 0.25) is 0 Å². The Kier molecular flexibility index (Phi) is 6.28. The van der Waals surface area contributed by atoms with E-state index in [0.29, 0.717) is 17.9 Å². The molecule has 132 valence electrons. The molecule has 0 aliphatic rings. The van der Waals surface area contributed by atoms with Crippen LogP contribution in [0, 0.1) is 5.82 Å². The van der Waals surface area contributed by atoms with Gasteiger partial charge in [-0.05, 0) is 60.7 Å². The van der Waals surface area contributed by atoms with Crippen molar-refractivity contribution in [2.45, 2.75) is 4.90 Å². The molecule has 0 bridgehead atoms. The van der Waals surface area contributed by atoms with Crippen LogP contribution in [0.4, 0.5) is 10.1 Å². The normalized spacial score (nSPS) is 10.3. The number of amides is 1. The van der Waals surface area contributed by atoms with Gasteiger partial charge >= 0.3 is 0 Å². The molecule has 26 heavy (non-hydrogen) atoms. The van der Waals surface area contributed by atoms with Crippen LogP contribution in [-0.2, 0) is 0 Å². The third-order valence-electron chi connectivity index (χ3n) is 3.58. The van der Waals surface area contributed by atoms with Crippen LogP contribution in [0.3, 0.4) is 0 Å². The van der Waals surface area contributed by atoms with Gasteiger partial charge in [-0.3, -0.25) is 4.79 Å². The fourth-order valence-corrected chi connectivity index (χ4v) is 3.03. The van der Waals surface area contributed by atoms with E-state index in [1.165, 1.54) is 29.2 Å². The number of carbonyl (C=O) groups excluding carboxylic acids is 1. The van der Waals surface area contributed by atoms with E-state index in [9.17, 15) is 9.18 Å². The van der Waals surface area contributed by atoms with Gasteiger partial charge in [-0.2, -0.15) is 0 Å². The van der Waals surface area contributed by atoms with Crippen LogP contribution in [0.15, 0.2) is 83.8 Å². The molecule has 0 saturated carbocycles. The molecule has 0 aliphatic carbocycles. The maximum atomic E-state index is 12.9. The number of rotatable bonds is 7. The zero-order valence-electron chi connectivity index (χ0n) is 14.0. The van der Waals surface area contributed by atoms with Crippen LogP contribution >= 0.6 is 11.8 Å². The first-order valence-corrected chi connectivity index (χ1v) is 9.17. The highest BCUT2D eigenvalue weighted by Gasteiger charge is 2.06. The van der Waals surface area contributed by atoms with Crippen molar-refractivity contribution in [3.05, 3.63) is 90.2 Å². The summed E-state index contributed by atoms with van der Waals surface area (Å²) in [7, 11) is 0. The average molecular weight is 367 g/mol. The van der Waals surface area contributed by atoms with Crippen molar-refractivity contribution >= 4 is 23.4 Å². The zero-order chi connectivity index (χ0) is 18.2. The second-order valence-electron chi connectivity index (χ2n) is 5.50. The van der Waals surface area contributed by atoms with Crippen LogP contribution in [0.25, 0.3) is 0 Å². The Bertz CT molecular complexity index is 836. The standard InChI is InChI=1S/C21H18FNO2S/c22-17-8-10-18(11-9-17)23-21(24)16-6-12-19(13-7-16)25-14-15-26-20-4-2-1-3-5-20/h1-13H,14-15H2,(H,23,24). The predicted molar refractivity (Wildman–Crippen MR) is 103 cm³/mol. The number of halogens is 1. The van der Waals surface area contributed by atoms with Crippen molar-refractivity contribution in [1.82, 2.24) is 0 Å². The largest absolute Gasteiger partial charge is 0.493 e. The quantitative estimate of drug-likeness (QED) is 0.458. The van der Waals surface area contributed by atoms with Crippen molar-refractivity contribution in [3.63, 3.8) is 0 Å². The molecule has 1 amide bonds. The highest BCUT2D eigenvalue weighted by Crippen LogP contribution is 2.18. The average Bonchev–Trinajstić information content (AvgIpc) is 2.68. The smallest absolute Gasteiger partial charge is 0.255 e. The lowest BCUT2D eigenvalue weighted by Crippen LogP contribution is -2.11. The molecule has 0 aromatic heterocycles. The lowest BCUT2D eigenvalue weighted by molar-refractivity contribution is 0.102. The Morgan fingerprint density at radius 2 is 1.62 bits per heavy atom. The minimum Gasteiger partial charge on any atom is -0.493 e. The number of hydrogen-bond donors (Lipinski definition) is 1. The Morgan fingerprint density at radius 3 is 2.31 bits per heavy atom. The number of benzene rings is 3. The molecule has 0 fully saturated rings. The number of nitrogens with one attached hydrogen (secondary N) is 1. The number of hydrogen-bond acceptors (Lipinski definition) is 3. The third kappa shape index (κ3) is 5.36. The molecule has 0 spiro atoms. The van der Waals surface area contributed by atoms with Crippen molar-refractivity contribution in [2.75, 3.05) is 17.7 Å². The minimum atomic E-state index is -0.338. The highest BCUT2D eigenvalue weighted by molar-refractivity contribution is 7.99. The number of thioether (sulfide) groups is 1. The molecule has 0 heterocycles. The van der Waals surface area contributed by atoms with Gasteiger partial charge in [-0.15, -0.1) is 11.8 Å². The van der Waals surface area contributed by atoms with Crippen molar-refractivity contribution in [1.29, 1.82) is 0 Å². The van der Waals surface area contributed by atoms with Gasteiger partial charge in [0.1, 0.15) is 11.6 Å². The van der Waals surface area contributed by atoms with Gasteiger partial charge in [0.05, 0.1) is 6.61 Å². The zero-order valence-corrected chi connectivity index (χ0v) is 14.8. The summed E-state index contributed by atoms with van der Waals surface area (Å²) >= 11 is 1.73. The van der Waals surface area contributed by atoms with E-state index in [4.69, 9.17) is 4.74 Å². The SMILES string of the molecule is O=C(Nc1ccc(F)cc1)c1ccc(OCCSc2ccccc2)cc1. The summed E-state index contributed by atoms with van der Waals surface area (Å²) in [4.78, 5) is 13.4. The van der Waals surface area contributed by atoms with Gasteiger partial charge in [0, 0.05) is 21.9 Å². The predicted octanol–water partition coefficient (Wildman–Crippen LogP) is 5.25. The molecule has 0 radical (unpaired) electrons. The van der Waals surface area contributed by atoms with E-state index in [2.05, 4.69) is 17.4 Å². The molecule has 1 N–H and O–H groups in total.